The van der Waals surface area contributed by atoms with Crippen molar-refractivity contribution in [1.29, 1.82) is 0 Å². The molecule has 0 bridgehead atoms. The molecule has 1 heterocycles. The van der Waals surface area contributed by atoms with E-state index in [2.05, 4.69) is 63.3 Å². The van der Waals surface area contributed by atoms with Crippen LogP contribution in [0, 0.1) is 13.8 Å². The lowest BCUT2D eigenvalue weighted by Gasteiger charge is -2.38. The molecule has 0 spiro atoms. The van der Waals surface area contributed by atoms with E-state index in [-0.39, 0.29) is 17.6 Å². The highest BCUT2D eigenvalue weighted by molar-refractivity contribution is 7.98. The second-order valence-electron chi connectivity index (χ2n) is 8.93. The molecule has 0 aromatic heterocycles. The predicted octanol–water partition coefficient (Wildman–Crippen LogP) is 6.63. The van der Waals surface area contributed by atoms with Crippen LogP contribution in [0.2, 0.25) is 0 Å². The molecule has 1 amide bonds. The summed E-state index contributed by atoms with van der Waals surface area (Å²) >= 11 is 1.80. The number of carbonyl (C=O) groups is 1. The number of aryl methyl sites for hydroxylation is 2. The minimum atomic E-state index is -0.322. The van der Waals surface area contributed by atoms with Gasteiger partial charge < -0.3 is 10.1 Å². The van der Waals surface area contributed by atoms with Crippen molar-refractivity contribution in [2.75, 3.05) is 0 Å². The first kappa shape index (κ1) is 21.5. The first-order valence-corrected chi connectivity index (χ1v) is 11.7. The molecule has 0 saturated carbocycles. The summed E-state index contributed by atoms with van der Waals surface area (Å²) in [7, 11) is 0. The Labute approximate surface area is 189 Å². The molecule has 0 aliphatic carbocycles. The maximum Gasteiger partial charge on any atom is 0.251 e. The number of ether oxygens (including phenoxy) is 1. The van der Waals surface area contributed by atoms with Crippen molar-refractivity contribution >= 4 is 17.7 Å². The first-order valence-electron chi connectivity index (χ1n) is 10.7. The van der Waals surface area contributed by atoms with Gasteiger partial charge in [-0.3, -0.25) is 4.79 Å². The highest BCUT2D eigenvalue weighted by Crippen LogP contribution is 2.40. The lowest BCUT2D eigenvalue weighted by molar-refractivity contribution is 0.0619. The molecule has 4 heteroatoms. The molecule has 3 nitrogen and oxygen atoms in total. The summed E-state index contributed by atoms with van der Waals surface area (Å²) in [6.45, 7) is 8.29. The highest BCUT2D eigenvalue weighted by atomic mass is 32.2. The van der Waals surface area contributed by atoms with E-state index in [4.69, 9.17) is 4.74 Å². The molecule has 31 heavy (non-hydrogen) atoms. The number of carbonyl (C=O) groups excluding carboxylic acids is 1. The summed E-state index contributed by atoms with van der Waals surface area (Å²) in [5, 5.41) is 3.23. The molecule has 0 radical (unpaired) electrons. The third-order valence-electron chi connectivity index (χ3n) is 5.57. The number of benzene rings is 3. The highest BCUT2D eigenvalue weighted by Gasteiger charge is 2.34. The molecule has 1 unspecified atom stereocenters. The van der Waals surface area contributed by atoms with E-state index in [0.717, 1.165) is 29.1 Å². The van der Waals surface area contributed by atoms with Crippen LogP contribution in [0.1, 0.15) is 58.9 Å². The molecule has 1 aliphatic rings. The van der Waals surface area contributed by atoms with Crippen LogP contribution in [-0.4, -0.2) is 11.5 Å². The smallest absolute Gasteiger partial charge is 0.251 e. The molecule has 3 aromatic carbocycles. The Morgan fingerprint density at radius 3 is 2.39 bits per heavy atom. The Bertz CT molecular complexity index is 1070. The van der Waals surface area contributed by atoms with Crippen LogP contribution >= 0.6 is 11.8 Å². The molecule has 1 N–H and O–H groups in total. The van der Waals surface area contributed by atoms with Gasteiger partial charge in [-0.15, -0.1) is 11.8 Å². The maximum atomic E-state index is 13.0. The summed E-state index contributed by atoms with van der Waals surface area (Å²) in [5.74, 6) is 1.69. The van der Waals surface area contributed by atoms with E-state index in [1.165, 1.54) is 16.0 Å². The van der Waals surface area contributed by atoms with Gasteiger partial charge in [0.05, 0.1) is 6.04 Å². The molecule has 4 rings (SSSR count). The van der Waals surface area contributed by atoms with Gasteiger partial charge in [-0.2, -0.15) is 0 Å². The fourth-order valence-corrected chi connectivity index (χ4v) is 4.75. The number of thioether (sulfide) groups is 1. The predicted molar refractivity (Wildman–Crippen MR) is 128 cm³/mol. The quantitative estimate of drug-likeness (QED) is 0.461. The molecular formula is C27H29NO2S. The van der Waals surface area contributed by atoms with Crippen LogP contribution in [0.4, 0.5) is 0 Å². The number of hydrogen-bond donors (Lipinski definition) is 1. The largest absolute Gasteiger partial charge is 0.487 e. The molecule has 1 atom stereocenters. The van der Waals surface area contributed by atoms with Gasteiger partial charge in [0.2, 0.25) is 0 Å². The summed E-state index contributed by atoms with van der Waals surface area (Å²) in [6.07, 6.45) is 0.737. The van der Waals surface area contributed by atoms with Crippen molar-refractivity contribution in [1.82, 2.24) is 5.32 Å². The number of fused-ring (bicyclic) bond motifs is 1. The van der Waals surface area contributed by atoms with Gasteiger partial charge in [0.15, 0.2) is 0 Å². The van der Waals surface area contributed by atoms with E-state index >= 15 is 0 Å². The van der Waals surface area contributed by atoms with Crippen LogP contribution in [-0.2, 0) is 5.75 Å². The monoisotopic (exact) mass is 431 g/mol. The van der Waals surface area contributed by atoms with Crippen molar-refractivity contribution in [3.8, 4) is 5.75 Å². The van der Waals surface area contributed by atoms with Gasteiger partial charge in [0.1, 0.15) is 11.4 Å². The van der Waals surface area contributed by atoms with E-state index < -0.39 is 0 Å². The van der Waals surface area contributed by atoms with Crippen molar-refractivity contribution in [2.24, 2.45) is 0 Å². The zero-order valence-electron chi connectivity index (χ0n) is 18.6. The Morgan fingerprint density at radius 2 is 1.68 bits per heavy atom. The van der Waals surface area contributed by atoms with E-state index in [1.54, 1.807) is 11.8 Å². The van der Waals surface area contributed by atoms with Crippen molar-refractivity contribution in [2.45, 2.75) is 56.4 Å². The fourth-order valence-electron chi connectivity index (χ4n) is 3.90. The van der Waals surface area contributed by atoms with Crippen molar-refractivity contribution in [3.05, 3.63) is 94.5 Å². The lowest BCUT2D eigenvalue weighted by atomic mass is 9.88. The van der Waals surface area contributed by atoms with Gasteiger partial charge in [0, 0.05) is 28.2 Å². The normalized spacial score (nSPS) is 16.8. The zero-order valence-corrected chi connectivity index (χ0v) is 19.4. The van der Waals surface area contributed by atoms with Crippen LogP contribution in [0.15, 0.2) is 71.6 Å². The molecule has 0 saturated heterocycles. The van der Waals surface area contributed by atoms with E-state index in [9.17, 15) is 4.79 Å². The SMILES string of the molecule is Cc1ccc(SCc2ccc(C(=O)NC3CC(C)(C)Oc4ccc(C)cc43)cc2)cc1. The molecule has 0 fully saturated rings. The molecule has 3 aromatic rings. The average Bonchev–Trinajstić information content (AvgIpc) is 2.73. The number of nitrogens with one attached hydrogen (secondary N) is 1. The van der Waals surface area contributed by atoms with Crippen molar-refractivity contribution in [3.63, 3.8) is 0 Å². The number of amides is 1. The summed E-state index contributed by atoms with van der Waals surface area (Å²) in [5.41, 5.74) is 5.05. The minimum absolute atomic E-state index is 0.0482. The molecule has 1 aliphatic heterocycles. The zero-order chi connectivity index (χ0) is 22.0. The van der Waals surface area contributed by atoms with Gasteiger partial charge in [-0.05, 0) is 63.6 Å². The van der Waals surface area contributed by atoms with Crippen LogP contribution in [0.5, 0.6) is 5.75 Å². The van der Waals surface area contributed by atoms with Crippen LogP contribution in [0.25, 0.3) is 0 Å². The van der Waals surface area contributed by atoms with Gasteiger partial charge in [0.25, 0.3) is 5.91 Å². The maximum absolute atomic E-state index is 13.0. The second-order valence-corrected chi connectivity index (χ2v) is 9.98. The Kier molecular flexibility index (Phi) is 6.10. The molecule has 160 valence electrons. The summed E-state index contributed by atoms with van der Waals surface area (Å²) in [6, 6.07) is 22.6. The summed E-state index contributed by atoms with van der Waals surface area (Å²) < 4.78 is 6.12. The van der Waals surface area contributed by atoms with Crippen LogP contribution in [0.3, 0.4) is 0 Å². The van der Waals surface area contributed by atoms with E-state index in [0.29, 0.717) is 5.56 Å². The topological polar surface area (TPSA) is 38.3 Å². The Morgan fingerprint density at radius 1 is 1.00 bits per heavy atom. The lowest BCUT2D eigenvalue weighted by Crippen LogP contribution is -2.41. The van der Waals surface area contributed by atoms with Gasteiger partial charge in [-0.1, -0.05) is 47.5 Å². The minimum Gasteiger partial charge on any atom is -0.487 e. The third-order valence-corrected chi connectivity index (χ3v) is 6.65. The van der Waals surface area contributed by atoms with Gasteiger partial charge >= 0.3 is 0 Å². The van der Waals surface area contributed by atoms with Crippen molar-refractivity contribution < 1.29 is 9.53 Å². The second kappa shape index (κ2) is 8.80. The third kappa shape index (κ3) is 5.31. The average molecular weight is 432 g/mol. The first-order chi connectivity index (χ1) is 14.8. The Hall–Kier alpha value is -2.72. The van der Waals surface area contributed by atoms with Gasteiger partial charge in [-0.25, -0.2) is 0 Å². The standard InChI is InChI=1S/C27H29NO2S/c1-18-5-12-22(13-6-18)31-17-20-8-10-21(11-9-20)26(29)28-24-16-27(3,4)30-25-14-7-19(2)15-23(24)25/h5-15,24H,16-17H2,1-4H3,(H,28,29). The van der Waals surface area contributed by atoms with Crippen LogP contribution < -0.4 is 10.1 Å². The van der Waals surface area contributed by atoms with E-state index in [1.807, 2.05) is 36.4 Å². The number of hydrogen-bond acceptors (Lipinski definition) is 3. The number of rotatable bonds is 5. The molecular weight excluding hydrogens is 402 g/mol. The summed E-state index contributed by atoms with van der Waals surface area (Å²) in [4.78, 5) is 14.2. The Balaban J connectivity index is 1.43. The fraction of sp³-hybridized carbons (Fsp3) is 0.296.